The lowest BCUT2D eigenvalue weighted by Crippen LogP contribution is -2.38. The van der Waals surface area contributed by atoms with E-state index in [1.165, 1.54) is 11.1 Å². The molecule has 116 valence electrons. The van der Waals surface area contributed by atoms with Crippen molar-refractivity contribution in [3.63, 3.8) is 0 Å². The number of ether oxygens (including phenoxy) is 1. The van der Waals surface area contributed by atoms with Crippen LogP contribution in [0.15, 0.2) is 48.5 Å². The molecule has 4 nitrogen and oxygen atoms in total. The lowest BCUT2D eigenvalue weighted by molar-refractivity contribution is 0.00985. The summed E-state index contributed by atoms with van der Waals surface area (Å²) in [5.74, 6) is -0.0930. The molecule has 2 aromatic carbocycles. The van der Waals surface area contributed by atoms with Crippen molar-refractivity contribution in [3.05, 3.63) is 70.8 Å². The van der Waals surface area contributed by atoms with Crippen molar-refractivity contribution in [3.8, 4) is 6.07 Å². The summed E-state index contributed by atoms with van der Waals surface area (Å²) in [6.45, 7) is 1.12. The first-order valence-electron chi connectivity index (χ1n) is 7.61. The summed E-state index contributed by atoms with van der Waals surface area (Å²) in [6.07, 6.45) is 0.810. The first kappa shape index (κ1) is 15.3. The molecule has 0 bridgehead atoms. The minimum atomic E-state index is -0.0930. The number of benzene rings is 2. The van der Waals surface area contributed by atoms with Crippen LogP contribution >= 0.6 is 0 Å². The van der Waals surface area contributed by atoms with Gasteiger partial charge in [0.05, 0.1) is 24.3 Å². The van der Waals surface area contributed by atoms with Crippen LogP contribution in [-0.2, 0) is 17.8 Å². The first-order valence-corrected chi connectivity index (χ1v) is 7.61. The van der Waals surface area contributed by atoms with Gasteiger partial charge < -0.3 is 9.64 Å². The fraction of sp³-hybridized carbons (Fsp3) is 0.263. The van der Waals surface area contributed by atoms with Crippen LogP contribution in [0.4, 0.5) is 0 Å². The number of hydrogen-bond donors (Lipinski definition) is 0. The van der Waals surface area contributed by atoms with E-state index >= 15 is 0 Å². The Morgan fingerprint density at radius 2 is 2.04 bits per heavy atom. The maximum atomic E-state index is 12.5. The lowest BCUT2D eigenvalue weighted by atomic mass is 9.99. The normalized spacial score (nSPS) is 16.3. The van der Waals surface area contributed by atoms with Gasteiger partial charge in [0, 0.05) is 25.6 Å². The number of nitrogens with zero attached hydrogens (tertiary/aromatic N) is 2. The molecule has 2 aromatic rings. The Morgan fingerprint density at radius 3 is 2.83 bits per heavy atom. The third kappa shape index (κ3) is 3.41. The van der Waals surface area contributed by atoms with Gasteiger partial charge in [-0.2, -0.15) is 5.26 Å². The summed E-state index contributed by atoms with van der Waals surface area (Å²) < 4.78 is 5.86. The molecule has 4 heteroatoms. The molecule has 1 atom stereocenters. The van der Waals surface area contributed by atoms with Crippen LogP contribution in [0.2, 0.25) is 0 Å². The van der Waals surface area contributed by atoms with Crippen LogP contribution in [0, 0.1) is 11.3 Å². The molecule has 1 aliphatic heterocycles. The van der Waals surface area contributed by atoms with Gasteiger partial charge in [0.2, 0.25) is 0 Å². The van der Waals surface area contributed by atoms with Crippen molar-refractivity contribution in [2.24, 2.45) is 0 Å². The van der Waals surface area contributed by atoms with Crippen LogP contribution in [-0.4, -0.2) is 30.5 Å². The highest BCUT2D eigenvalue weighted by molar-refractivity contribution is 5.94. The highest BCUT2D eigenvalue weighted by atomic mass is 16.5. The molecule has 0 aliphatic carbocycles. The summed E-state index contributed by atoms with van der Waals surface area (Å²) in [4.78, 5) is 14.2. The number of hydrogen-bond acceptors (Lipinski definition) is 3. The lowest BCUT2D eigenvalue weighted by Gasteiger charge is -2.29. The number of carbonyl (C=O) groups excluding carboxylic acids is 1. The molecule has 1 heterocycles. The molecular formula is C19H18N2O2. The summed E-state index contributed by atoms with van der Waals surface area (Å²) >= 11 is 0. The number of fused-ring (bicyclic) bond motifs is 1. The summed E-state index contributed by atoms with van der Waals surface area (Å²) in [6, 6.07) is 17.1. The standard InChI is InChI=1S/C19H18N2O2/c1-21(19(22)16-8-4-5-14(9-16)11-20)12-18-10-15-6-2-3-7-17(15)13-23-18/h2-9,18H,10,12-13H2,1H3/t18-/m0/s1. The number of likely N-dealkylation sites (N-methyl/N-ethyl adjacent to an activating group) is 1. The van der Waals surface area contributed by atoms with Crippen LogP contribution in [0.1, 0.15) is 27.0 Å². The molecule has 1 aliphatic rings. The van der Waals surface area contributed by atoms with E-state index in [0.717, 1.165) is 6.42 Å². The van der Waals surface area contributed by atoms with Gasteiger partial charge in [-0.1, -0.05) is 30.3 Å². The Kier molecular flexibility index (Phi) is 4.40. The molecule has 0 fully saturated rings. The number of rotatable bonds is 3. The van der Waals surface area contributed by atoms with E-state index in [1.807, 2.05) is 12.1 Å². The van der Waals surface area contributed by atoms with Gasteiger partial charge in [0.25, 0.3) is 5.91 Å². The summed E-state index contributed by atoms with van der Waals surface area (Å²) in [7, 11) is 1.77. The maximum Gasteiger partial charge on any atom is 0.253 e. The van der Waals surface area contributed by atoms with Crippen LogP contribution < -0.4 is 0 Å². The second kappa shape index (κ2) is 6.64. The van der Waals surface area contributed by atoms with Crippen LogP contribution in [0.5, 0.6) is 0 Å². The second-order valence-electron chi connectivity index (χ2n) is 5.78. The average Bonchev–Trinajstić information content (AvgIpc) is 2.61. The highest BCUT2D eigenvalue weighted by Crippen LogP contribution is 2.21. The molecule has 0 saturated carbocycles. The Morgan fingerprint density at radius 1 is 1.26 bits per heavy atom. The number of nitriles is 1. The van der Waals surface area contributed by atoms with Crippen molar-refractivity contribution in [1.82, 2.24) is 4.90 Å². The highest BCUT2D eigenvalue weighted by Gasteiger charge is 2.22. The van der Waals surface area contributed by atoms with Gasteiger partial charge in [0.15, 0.2) is 0 Å². The SMILES string of the molecule is CN(C[C@@H]1Cc2ccccc2CO1)C(=O)c1cccc(C#N)c1. The first-order chi connectivity index (χ1) is 11.2. The third-order valence-electron chi connectivity index (χ3n) is 4.10. The Labute approximate surface area is 135 Å². The smallest absolute Gasteiger partial charge is 0.253 e. The fourth-order valence-electron chi connectivity index (χ4n) is 2.86. The number of amides is 1. The summed E-state index contributed by atoms with van der Waals surface area (Å²) in [5.41, 5.74) is 3.53. The van der Waals surface area contributed by atoms with Crippen molar-refractivity contribution in [1.29, 1.82) is 5.26 Å². The molecule has 23 heavy (non-hydrogen) atoms. The molecule has 0 radical (unpaired) electrons. The number of carbonyl (C=O) groups is 1. The second-order valence-corrected chi connectivity index (χ2v) is 5.78. The quantitative estimate of drug-likeness (QED) is 0.876. The molecule has 0 unspecified atom stereocenters. The van der Waals surface area contributed by atoms with Gasteiger partial charge in [-0.15, -0.1) is 0 Å². The van der Waals surface area contributed by atoms with E-state index < -0.39 is 0 Å². The fourth-order valence-corrected chi connectivity index (χ4v) is 2.86. The zero-order valence-corrected chi connectivity index (χ0v) is 13.0. The van der Waals surface area contributed by atoms with Crippen molar-refractivity contribution in [2.75, 3.05) is 13.6 Å². The zero-order valence-electron chi connectivity index (χ0n) is 13.0. The van der Waals surface area contributed by atoms with Gasteiger partial charge >= 0.3 is 0 Å². The Bertz CT molecular complexity index is 764. The Balaban J connectivity index is 1.66. The van der Waals surface area contributed by atoms with E-state index in [9.17, 15) is 4.79 Å². The van der Waals surface area contributed by atoms with E-state index in [4.69, 9.17) is 10.00 Å². The molecule has 0 aromatic heterocycles. The third-order valence-corrected chi connectivity index (χ3v) is 4.10. The minimum Gasteiger partial charge on any atom is -0.371 e. The molecule has 3 rings (SSSR count). The zero-order chi connectivity index (χ0) is 16.2. The van der Waals surface area contributed by atoms with Crippen molar-refractivity contribution >= 4 is 5.91 Å². The molecule has 0 N–H and O–H groups in total. The molecule has 0 spiro atoms. The molecule has 1 amide bonds. The van der Waals surface area contributed by atoms with Crippen LogP contribution in [0.3, 0.4) is 0 Å². The van der Waals surface area contributed by atoms with Gasteiger partial charge in [-0.25, -0.2) is 0 Å². The van der Waals surface area contributed by atoms with Gasteiger partial charge in [0.1, 0.15) is 0 Å². The van der Waals surface area contributed by atoms with Gasteiger partial charge in [-0.05, 0) is 29.3 Å². The maximum absolute atomic E-state index is 12.5. The predicted octanol–water partition coefficient (Wildman–Crippen LogP) is 2.77. The van der Waals surface area contributed by atoms with E-state index in [1.54, 1.807) is 36.2 Å². The monoisotopic (exact) mass is 306 g/mol. The Hall–Kier alpha value is -2.64. The molecular weight excluding hydrogens is 288 g/mol. The minimum absolute atomic E-state index is 0.00185. The molecule has 0 saturated heterocycles. The van der Waals surface area contributed by atoms with E-state index in [-0.39, 0.29) is 12.0 Å². The topological polar surface area (TPSA) is 53.3 Å². The summed E-state index contributed by atoms with van der Waals surface area (Å²) in [5, 5.41) is 8.94. The van der Waals surface area contributed by atoms with Gasteiger partial charge in [-0.3, -0.25) is 4.79 Å². The average molecular weight is 306 g/mol. The van der Waals surface area contributed by atoms with Crippen molar-refractivity contribution in [2.45, 2.75) is 19.1 Å². The van der Waals surface area contributed by atoms with E-state index in [0.29, 0.717) is 24.3 Å². The van der Waals surface area contributed by atoms with Crippen molar-refractivity contribution < 1.29 is 9.53 Å². The van der Waals surface area contributed by atoms with Crippen LogP contribution in [0.25, 0.3) is 0 Å². The van der Waals surface area contributed by atoms with E-state index in [2.05, 4.69) is 18.2 Å². The predicted molar refractivity (Wildman–Crippen MR) is 86.8 cm³/mol. The largest absolute Gasteiger partial charge is 0.371 e.